The number of nitro groups is 1. The molecule has 2 rings (SSSR count). The number of benzene rings is 1. The number of hydrogen-bond donors (Lipinski definition) is 1. The van der Waals surface area contributed by atoms with Crippen LogP contribution in [0, 0.1) is 10.1 Å². The lowest BCUT2D eigenvalue weighted by Crippen LogP contribution is -2.33. The molecule has 0 amide bonds. The normalized spacial score (nSPS) is 20.0. The van der Waals surface area contributed by atoms with Crippen LogP contribution in [0.2, 0.25) is 0 Å². The van der Waals surface area contributed by atoms with Gasteiger partial charge in [-0.1, -0.05) is 6.42 Å². The Morgan fingerprint density at radius 3 is 2.57 bits per heavy atom. The molecular formula is C19H23N3O6. The first-order valence-electron chi connectivity index (χ1n) is 9.04. The molecule has 0 aliphatic heterocycles. The number of ether oxygens (including phenoxy) is 2. The molecule has 0 aromatic heterocycles. The molecule has 0 heterocycles. The number of nitrogens with zero attached hydrogens (tertiary/aromatic N) is 2. The lowest BCUT2D eigenvalue weighted by molar-refractivity contribution is -0.384. The third-order valence-corrected chi connectivity index (χ3v) is 4.34. The molecule has 9 heteroatoms. The Bertz CT molecular complexity index is 772. The number of nitro benzene ring substituents is 1. The molecule has 0 saturated heterocycles. The molecule has 1 aromatic carbocycles. The van der Waals surface area contributed by atoms with Crippen LogP contribution in [-0.2, 0) is 14.3 Å². The lowest BCUT2D eigenvalue weighted by atomic mass is 9.92. The molecule has 28 heavy (non-hydrogen) atoms. The summed E-state index contributed by atoms with van der Waals surface area (Å²) < 4.78 is 10.5. The Morgan fingerprint density at radius 2 is 1.96 bits per heavy atom. The maximum atomic E-state index is 12.4. The van der Waals surface area contributed by atoms with E-state index in [2.05, 4.69) is 4.99 Å². The number of aliphatic imine (C=N–C) groups is 1. The minimum absolute atomic E-state index is 0.100. The van der Waals surface area contributed by atoms with E-state index in [1.807, 2.05) is 0 Å². The van der Waals surface area contributed by atoms with Gasteiger partial charge in [0.15, 0.2) is 0 Å². The fourth-order valence-corrected chi connectivity index (χ4v) is 2.86. The average Bonchev–Trinajstić information content (AvgIpc) is 2.70. The summed E-state index contributed by atoms with van der Waals surface area (Å²) in [5, 5.41) is 10.7. The molecule has 0 unspecified atom stereocenters. The first kappa shape index (κ1) is 21.1. The number of carbonyl (C=O) groups excluding carboxylic acids is 2. The predicted molar refractivity (Wildman–Crippen MR) is 102 cm³/mol. The van der Waals surface area contributed by atoms with Crippen molar-refractivity contribution in [2.45, 2.75) is 44.8 Å². The van der Waals surface area contributed by atoms with Gasteiger partial charge in [-0.25, -0.2) is 9.59 Å². The van der Waals surface area contributed by atoms with E-state index >= 15 is 0 Å². The third kappa shape index (κ3) is 5.63. The van der Waals surface area contributed by atoms with Crippen molar-refractivity contribution >= 4 is 23.8 Å². The van der Waals surface area contributed by atoms with E-state index < -0.39 is 23.0 Å². The Labute approximate surface area is 162 Å². The molecule has 9 nitrogen and oxygen atoms in total. The maximum absolute atomic E-state index is 12.4. The minimum atomic E-state index is -0.568. The summed E-state index contributed by atoms with van der Waals surface area (Å²) in [6.45, 7) is 1.92. The summed E-state index contributed by atoms with van der Waals surface area (Å²) >= 11 is 0. The molecular weight excluding hydrogens is 366 g/mol. The van der Waals surface area contributed by atoms with E-state index in [0.29, 0.717) is 12.8 Å². The van der Waals surface area contributed by atoms with Gasteiger partial charge in [-0.3, -0.25) is 15.1 Å². The zero-order valence-corrected chi connectivity index (χ0v) is 15.6. The highest BCUT2D eigenvalue weighted by atomic mass is 16.6. The van der Waals surface area contributed by atoms with Crippen LogP contribution in [0.25, 0.3) is 0 Å². The van der Waals surface area contributed by atoms with Crippen molar-refractivity contribution in [3.05, 3.63) is 51.7 Å². The van der Waals surface area contributed by atoms with Crippen molar-refractivity contribution in [1.29, 1.82) is 0 Å². The fourth-order valence-electron chi connectivity index (χ4n) is 2.86. The van der Waals surface area contributed by atoms with Crippen LogP contribution in [-0.4, -0.2) is 41.8 Å². The van der Waals surface area contributed by atoms with Crippen molar-refractivity contribution in [1.82, 2.24) is 0 Å². The van der Waals surface area contributed by atoms with Crippen LogP contribution in [0.3, 0.4) is 0 Å². The number of esters is 2. The maximum Gasteiger partial charge on any atom is 0.341 e. The molecule has 1 aromatic rings. The lowest BCUT2D eigenvalue weighted by Gasteiger charge is -2.28. The summed E-state index contributed by atoms with van der Waals surface area (Å²) in [6.07, 6.45) is 5.19. The molecule has 2 atom stereocenters. The highest BCUT2D eigenvalue weighted by Crippen LogP contribution is 2.25. The highest BCUT2D eigenvalue weighted by Gasteiger charge is 2.28. The second-order valence-electron chi connectivity index (χ2n) is 6.22. The summed E-state index contributed by atoms with van der Waals surface area (Å²) in [5.41, 5.74) is 5.72. The summed E-state index contributed by atoms with van der Waals surface area (Å²) in [6, 6.07) is 4.92. The number of non-ortho nitro benzene ring substituents is 1. The highest BCUT2D eigenvalue weighted by molar-refractivity contribution is 6.09. The molecule has 1 saturated carbocycles. The number of hydrogen-bond acceptors (Lipinski definition) is 8. The monoisotopic (exact) mass is 389 g/mol. The SMILES string of the molecule is CCOC(=O)/C(C=N[C@@H]1CCCC[C@@H]1OC(=O)c1ccc([N+](=O)[O-])cc1)=C/N. The van der Waals surface area contributed by atoms with Gasteiger partial charge in [-0.05, 0) is 38.3 Å². The fraction of sp³-hybridized carbons (Fsp3) is 0.421. The van der Waals surface area contributed by atoms with Crippen LogP contribution in [0.4, 0.5) is 5.69 Å². The summed E-state index contributed by atoms with van der Waals surface area (Å²) in [7, 11) is 0. The van der Waals surface area contributed by atoms with Gasteiger partial charge in [0.05, 0.1) is 28.7 Å². The van der Waals surface area contributed by atoms with Crippen LogP contribution >= 0.6 is 0 Å². The molecule has 150 valence electrons. The quantitative estimate of drug-likeness (QED) is 0.249. The Hall–Kier alpha value is -3.23. The minimum Gasteiger partial charge on any atom is -0.462 e. The molecule has 2 N–H and O–H groups in total. The van der Waals surface area contributed by atoms with Crippen molar-refractivity contribution in [2.24, 2.45) is 10.7 Å². The molecule has 1 aliphatic rings. The van der Waals surface area contributed by atoms with Gasteiger partial charge in [0.1, 0.15) is 6.10 Å². The molecule has 0 radical (unpaired) electrons. The van der Waals surface area contributed by atoms with E-state index in [1.165, 1.54) is 30.5 Å². The molecule has 1 fully saturated rings. The number of carbonyl (C=O) groups is 2. The van der Waals surface area contributed by atoms with Crippen molar-refractivity contribution in [3.8, 4) is 0 Å². The van der Waals surface area contributed by atoms with Gasteiger partial charge in [0.2, 0.25) is 0 Å². The van der Waals surface area contributed by atoms with Gasteiger partial charge in [-0.15, -0.1) is 0 Å². The van der Waals surface area contributed by atoms with Crippen LogP contribution in [0.5, 0.6) is 0 Å². The van der Waals surface area contributed by atoms with Crippen molar-refractivity contribution in [3.63, 3.8) is 0 Å². The zero-order valence-electron chi connectivity index (χ0n) is 15.6. The van der Waals surface area contributed by atoms with Gasteiger partial charge >= 0.3 is 11.9 Å². The summed E-state index contributed by atoms with van der Waals surface area (Å²) in [4.78, 5) is 38.7. The van der Waals surface area contributed by atoms with Crippen LogP contribution < -0.4 is 5.73 Å². The van der Waals surface area contributed by atoms with Crippen LogP contribution in [0.15, 0.2) is 41.0 Å². The van der Waals surface area contributed by atoms with Gasteiger partial charge in [-0.2, -0.15) is 0 Å². The van der Waals surface area contributed by atoms with E-state index in [-0.39, 0.29) is 29.5 Å². The summed E-state index contributed by atoms with van der Waals surface area (Å²) in [5.74, 6) is -1.13. The van der Waals surface area contributed by atoms with E-state index in [1.54, 1.807) is 6.92 Å². The average molecular weight is 389 g/mol. The predicted octanol–water partition coefficient (Wildman–Crippen LogP) is 2.54. The van der Waals surface area contributed by atoms with Crippen LogP contribution in [0.1, 0.15) is 43.0 Å². The Kier molecular flexibility index (Phi) is 7.67. The molecule has 1 aliphatic carbocycles. The number of nitrogens with two attached hydrogens (primary N) is 1. The van der Waals surface area contributed by atoms with E-state index in [4.69, 9.17) is 15.2 Å². The Morgan fingerprint density at radius 1 is 1.29 bits per heavy atom. The van der Waals surface area contributed by atoms with Crippen molar-refractivity contribution in [2.75, 3.05) is 6.61 Å². The van der Waals surface area contributed by atoms with Crippen molar-refractivity contribution < 1.29 is 24.0 Å². The van der Waals surface area contributed by atoms with E-state index in [0.717, 1.165) is 19.0 Å². The van der Waals surface area contributed by atoms with E-state index in [9.17, 15) is 19.7 Å². The second kappa shape index (κ2) is 10.2. The second-order valence-corrected chi connectivity index (χ2v) is 6.22. The zero-order chi connectivity index (χ0) is 20.5. The third-order valence-electron chi connectivity index (χ3n) is 4.34. The van der Waals surface area contributed by atoms with Gasteiger partial charge in [0, 0.05) is 24.5 Å². The standard InChI is InChI=1S/C19H23N3O6/c1-2-27-18(23)14(11-20)12-21-16-5-3-4-6-17(16)28-19(24)13-7-9-15(10-8-13)22(25)26/h7-12,16-17H,2-6,20H2,1H3/b14-11+,21-12?/t16-,17+/m1/s1. The molecule has 0 spiro atoms. The number of rotatable bonds is 7. The van der Waals surface area contributed by atoms with Gasteiger partial charge in [0.25, 0.3) is 5.69 Å². The first-order valence-corrected chi connectivity index (χ1v) is 9.04. The first-order chi connectivity index (χ1) is 13.5. The topological polar surface area (TPSA) is 134 Å². The Balaban J connectivity index is 2.05. The van der Waals surface area contributed by atoms with Gasteiger partial charge < -0.3 is 15.2 Å². The molecule has 0 bridgehead atoms. The smallest absolute Gasteiger partial charge is 0.341 e. The largest absolute Gasteiger partial charge is 0.462 e.